The predicted octanol–water partition coefficient (Wildman–Crippen LogP) is 3.76. The largest absolute Gasteiger partial charge is 0.497 e. The van der Waals surface area contributed by atoms with Crippen molar-refractivity contribution < 1.29 is 14.1 Å². The van der Waals surface area contributed by atoms with Gasteiger partial charge in [-0.1, -0.05) is 22.9 Å². The van der Waals surface area contributed by atoms with Gasteiger partial charge in [0.05, 0.1) is 7.11 Å². The first-order valence-electron chi connectivity index (χ1n) is 8.61. The van der Waals surface area contributed by atoms with E-state index >= 15 is 0 Å². The Balaban J connectivity index is 1.53. The average molecular weight is 366 g/mol. The first kappa shape index (κ1) is 18.4. The van der Waals surface area contributed by atoms with Crippen LogP contribution in [-0.2, 0) is 6.42 Å². The lowest BCUT2D eigenvalue weighted by atomic mass is 10.1. The number of aromatic nitrogens is 2. The molecule has 0 bridgehead atoms. The Bertz CT molecular complexity index is 888. The van der Waals surface area contributed by atoms with E-state index < -0.39 is 0 Å². The molecule has 0 saturated carbocycles. The molecule has 3 rings (SSSR count). The van der Waals surface area contributed by atoms with Crippen molar-refractivity contribution in [3.05, 3.63) is 59.9 Å². The second-order valence-corrected chi connectivity index (χ2v) is 6.21. The van der Waals surface area contributed by atoms with Crippen molar-refractivity contribution >= 4 is 11.7 Å². The molecule has 3 aromatic rings. The highest BCUT2D eigenvalue weighted by molar-refractivity contribution is 5.89. The summed E-state index contributed by atoms with van der Waals surface area (Å²) in [5.74, 6) is 1.79. The quantitative estimate of drug-likeness (QED) is 0.718. The van der Waals surface area contributed by atoms with Crippen LogP contribution in [0.15, 0.2) is 53.1 Å². The molecule has 0 unspecified atom stereocenters. The number of likely N-dealkylation sites (N-methyl/N-ethyl adjacent to an activating group) is 1. The first-order chi connectivity index (χ1) is 13.0. The van der Waals surface area contributed by atoms with E-state index in [1.165, 1.54) is 5.56 Å². The number of carbonyl (C=O) groups is 1. The number of methoxy groups -OCH3 is 1. The predicted molar refractivity (Wildman–Crippen MR) is 103 cm³/mol. The Morgan fingerprint density at radius 2 is 1.85 bits per heavy atom. The summed E-state index contributed by atoms with van der Waals surface area (Å²) >= 11 is 0. The molecule has 0 saturated heterocycles. The second-order valence-electron chi connectivity index (χ2n) is 6.21. The van der Waals surface area contributed by atoms with Crippen LogP contribution in [0.4, 0.5) is 10.5 Å². The van der Waals surface area contributed by atoms with Crippen LogP contribution < -0.4 is 10.1 Å². The molecule has 7 heteroatoms. The van der Waals surface area contributed by atoms with Crippen molar-refractivity contribution in [2.24, 2.45) is 0 Å². The Labute approximate surface area is 158 Å². The SMILES string of the molecule is COc1ccc(NC(=O)N(C)CCc2noc(-c3ccc(C)cc3)n2)cc1. The van der Waals surface area contributed by atoms with Gasteiger partial charge in [-0.3, -0.25) is 0 Å². The van der Waals surface area contributed by atoms with Gasteiger partial charge in [-0.05, 0) is 43.3 Å². The molecular weight excluding hydrogens is 344 g/mol. The number of aryl methyl sites for hydroxylation is 1. The molecule has 0 radical (unpaired) electrons. The van der Waals surface area contributed by atoms with Crippen molar-refractivity contribution in [3.63, 3.8) is 0 Å². The van der Waals surface area contributed by atoms with Crippen molar-refractivity contribution in [1.29, 1.82) is 0 Å². The fourth-order valence-electron chi connectivity index (χ4n) is 2.43. The van der Waals surface area contributed by atoms with Crippen molar-refractivity contribution in [2.75, 3.05) is 26.0 Å². The van der Waals surface area contributed by atoms with Gasteiger partial charge in [-0.2, -0.15) is 4.98 Å². The molecule has 2 aromatic carbocycles. The number of rotatable bonds is 6. The topological polar surface area (TPSA) is 80.5 Å². The molecule has 0 spiro atoms. The molecule has 140 valence electrons. The Hall–Kier alpha value is -3.35. The zero-order valence-electron chi connectivity index (χ0n) is 15.6. The summed E-state index contributed by atoms with van der Waals surface area (Å²) in [4.78, 5) is 18.2. The van der Waals surface area contributed by atoms with Gasteiger partial charge in [-0.25, -0.2) is 4.79 Å². The zero-order valence-corrected chi connectivity index (χ0v) is 15.6. The lowest BCUT2D eigenvalue weighted by Crippen LogP contribution is -2.33. The Kier molecular flexibility index (Phi) is 5.71. The first-order valence-corrected chi connectivity index (χ1v) is 8.61. The van der Waals surface area contributed by atoms with E-state index in [0.29, 0.717) is 30.4 Å². The number of nitrogens with zero attached hydrogens (tertiary/aromatic N) is 3. The van der Waals surface area contributed by atoms with Crippen LogP contribution in [0, 0.1) is 6.92 Å². The highest BCUT2D eigenvalue weighted by atomic mass is 16.5. The van der Waals surface area contributed by atoms with E-state index in [2.05, 4.69) is 15.5 Å². The minimum absolute atomic E-state index is 0.206. The molecule has 27 heavy (non-hydrogen) atoms. The summed E-state index contributed by atoms with van der Waals surface area (Å²) in [5.41, 5.74) is 2.75. The van der Waals surface area contributed by atoms with Gasteiger partial charge in [0.2, 0.25) is 0 Å². The highest BCUT2D eigenvalue weighted by Crippen LogP contribution is 2.18. The summed E-state index contributed by atoms with van der Waals surface area (Å²) in [7, 11) is 3.32. The number of ether oxygens (including phenoxy) is 1. The Morgan fingerprint density at radius 1 is 1.15 bits per heavy atom. The Morgan fingerprint density at radius 3 is 2.52 bits per heavy atom. The summed E-state index contributed by atoms with van der Waals surface area (Å²) in [6.45, 7) is 2.49. The maximum Gasteiger partial charge on any atom is 0.321 e. The third-order valence-electron chi connectivity index (χ3n) is 4.13. The number of hydrogen-bond donors (Lipinski definition) is 1. The third-order valence-corrected chi connectivity index (χ3v) is 4.13. The molecule has 7 nitrogen and oxygen atoms in total. The maximum absolute atomic E-state index is 12.3. The fourth-order valence-corrected chi connectivity index (χ4v) is 2.43. The van der Waals surface area contributed by atoms with E-state index in [0.717, 1.165) is 11.3 Å². The number of nitrogens with one attached hydrogen (secondary N) is 1. The van der Waals surface area contributed by atoms with Gasteiger partial charge in [0.25, 0.3) is 5.89 Å². The highest BCUT2D eigenvalue weighted by Gasteiger charge is 2.13. The maximum atomic E-state index is 12.3. The lowest BCUT2D eigenvalue weighted by Gasteiger charge is -2.17. The van der Waals surface area contributed by atoms with Crippen LogP contribution in [0.5, 0.6) is 5.75 Å². The minimum atomic E-state index is -0.206. The van der Waals surface area contributed by atoms with Crippen LogP contribution in [0.1, 0.15) is 11.4 Å². The van der Waals surface area contributed by atoms with E-state index in [-0.39, 0.29) is 6.03 Å². The van der Waals surface area contributed by atoms with Gasteiger partial charge in [-0.15, -0.1) is 0 Å². The molecular formula is C20H22N4O3. The molecule has 0 atom stereocenters. The number of anilines is 1. The molecule has 0 aliphatic heterocycles. The van der Waals surface area contributed by atoms with E-state index in [1.54, 1.807) is 43.3 Å². The van der Waals surface area contributed by atoms with E-state index in [1.807, 2.05) is 31.2 Å². The molecule has 0 fully saturated rings. The van der Waals surface area contributed by atoms with Crippen molar-refractivity contribution in [3.8, 4) is 17.2 Å². The average Bonchev–Trinajstić information content (AvgIpc) is 3.16. The number of hydrogen-bond acceptors (Lipinski definition) is 5. The number of amides is 2. The third kappa shape index (κ3) is 4.84. The zero-order chi connectivity index (χ0) is 19.2. The van der Waals surface area contributed by atoms with E-state index in [9.17, 15) is 4.79 Å². The number of carbonyl (C=O) groups excluding carboxylic acids is 1. The summed E-state index contributed by atoms with van der Waals surface area (Å²) in [6.07, 6.45) is 0.502. The molecule has 1 aromatic heterocycles. The van der Waals surface area contributed by atoms with Crippen LogP contribution in [0.2, 0.25) is 0 Å². The summed E-state index contributed by atoms with van der Waals surface area (Å²) in [5, 5.41) is 6.82. The molecule has 0 aliphatic rings. The lowest BCUT2D eigenvalue weighted by molar-refractivity contribution is 0.222. The summed E-state index contributed by atoms with van der Waals surface area (Å²) in [6, 6.07) is 14.8. The molecule has 1 N–H and O–H groups in total. The van der Waals surface area contributed by atoms with Crippen LogP contribution in [0.25, 0.3) is 11.5 Å². The van der Waals surface area contributed by atoms with E-state index in [4.69, 9.17) is 9.26 Å². The monoisotopic (exact) mass is 366 g/mol. The second kappa shape index (κ2) is 8.35. The normalized spacial score (nSPS) is 10.5. The van der Waals surface area contributed by atoms with Crippen molar-refractivity contribution in [1.82, 2.24) is 15.0 Å². The van der Waals surface area contributed by atoms with Gasteiger partial charge in [0.15, 0.2) is 5.82 Å². The van der Waals surface area contributed by atoms with Gasteiger partial charge in [0, 0.05) is 31.3 Å². The fraction of sp³-hybridized carbons (Fsp3) is 0.250. The van der Waals surface area contributed by atoms with Gasteiger partial charge < -0.3 is 19.5 Å². The minimum Gasteiger partial charge on any atom is -0.497 e. The number of urea groups is 1. The van der Waals surface area contributed by atoms with Crippen molar-refractivity contribution in [2.45, 2.75) is 13.3 Å². The van der Waals surface area contributed by atoms with Crippen LogP contribution >= 0.6 is 0 Å². The molecule has 0 aliphatic carbocycles. The van der Waals surface area contributed by atoms with Gasteiger partial charge >= 0.3 is 6.03 Å². The van der Waals surface area contributed by atoms with Gasteiger partial charge in [0.1, 0.15) is 5.75 Å². The standard InChI is InChI=1S/C20H22N4O3/c1-14-4-6-15(7-5-14)19-22-18(23-27-19)12-13-24(2)20(25)21-16-8-10-17(26-3)11-9-16/h4-11H,12-13H2,1-3H3,(H,21,25). The molecule has 2 amide bonds. The van der Waals surface area contributed by atoms with Crippen LogP contribution in [0.3, 0.4) is 0 Å². The smallest absolute Gasteiger partial charge is 0.321 e. The number of benzene rings is 2. The molecule has 1 heterocycles. The summed E-state index contributed by atoms with van der Waals surface area (Å²) < 4.78 is 10.4. The van der Waals surface area contributed by atoms with Crippen LogP contribution in [-0.4, -0.2) is 41.8 Å².